The summed E-state index contributed by atoms with van der Waals surface area (Å²) >= 11 is 0. The molecular weight excluding hydrogens is 781 g/mol. The first-order valence-electron chi connectivity index (χ1n) is 22.1. The van der Waals surface area contributed by atoms with Gasteiger partial charge < -0.3 is 18.3 Å². The van der Waals surface area contributed by atoms with Crippen molar-refractivity contribution in [1.82, 2.24) is 4.57 Å². The Bertz CT molecular complexity index is 3940. The maximum absolute atomic E-state index is 6.85. The zero-order valence-corrected chi connectivity index (χ0v) is 34.7. The second kappa shape index (κ2) is 13.6. The molecule has 4 heteroatoms. The van der Waals surface area contributed by atoms with Gasteiger partial charge in [0.05, 0.1) is 28.5 Å². The molecule has 0 amide bonds. The summed E-state index contributed by atoms with van der Waals surface area (Å²) in [5, 5.41) is 6.99. The lowest BCUT2D eigenvalue weighted by Gasteiger charge is -2.34. The van der Waals surface area contributed by atoms with Gasteiger partial charge in [0.1, 0.15) is 16.7 Å². The normalized spacial score (nSPS) is 14.4. The van der Waals surface area contributed by atoms with Gasteiger partial charge in [0.2, 0.25) is 0 Å². The van der Waals surface area contributed by atoms with Gasteiger partial charge in [-0.1, -0.05) is 158 Å². The third kappa shape index (κ3) is 5.11. The summed E-state index contributed by atoms with van der Waals surface area (Å²) in [7, 11) is 0. The van der Waals surface area contributed by atoms with E-state index in [2.05, 4.69) is 216 Å². The van der Waals surface area contributed by atoms with Gasteiger partial charge in [-0.2, -0.15) is 0 Å². The van der Waals surface area contributed by atoms with Crippen LogP contribution in [0.1, 0.15) is 12.0 Å². The summed E-state index contributed by atoms with van der Waals surface area (Å²) in [6, 6.07) is 70.1. The van der Waals surface area contributed by atoms with Crippen molar-refractivity contribution in [2.24, 2.45) is 0 Å². The molecule has 1 unspecified atom stereocenters. The van der Waals surface area contributed by atoms with E-state index < -0.39 is 0 Å². The van der Waals surface area contributed by atoms with E-state index in [4.69, 9.17) is 8.83 Å². The molecular formula is C60H38N2O2. The van der Waals surface area contributed by atoms with Gasteiger partial charge in [-0.3, -0.25) is 0 Å². The molecule has 1 aliphatic carbocycles. The van der Waals surface area contributed by atoms with Crippen molar-refractivity contribution in [3.63, 3.8) is 0 Å². The first kappa shape index (κ1) is 35.3. The van der Waals surface area contributed by atoms with Crippen molar-refractivity contribution in [2.45, 2.75) is 12.5 Å². The summed E-state index contributed by atoms with van der Waals surface area (Å²) in [6.07, 6.45) is 7.67. The molecule has 64 heavy (non-hydrogen) atoms. The van der Waals surface area contributed by atoms with Gasteiger partial charge in [0.25, 0.3) is 0 Å². The fraction of sp³-hybridized carbons (Fsp3) is 0.0333. The summed E-state index contributed by atoms with van der Waals surface area (Å²) in [5.41, 5.74) is 18.9. The molecule has 9 aromatic carbocycles. The lowest BCUT2D eigenvalue weighted by atomic mass is 9.88. The second-order valence-electron chi connectivity index (χ2n) is 17.1. The van der Waals surface area contributed by atoms with E-state index >= 15 is 0 Å². The summed E-state index contributed by atoms with van der Waals surface area (Å²) in [4.78, 5) is 2.47. The molecule has 0 saturated carbocycles. The lowest BCUT2D eigenvalue weighted by molar-refractivity contribution is 0.664. The summed E-state index contributed by atoms with van der Waals surface area (Å²) < 4.78 is 16.1. The topological polar surface area (TPSA) is 34.5 Å². The van der Waals surface area contributed by atoms with Gasteiger partial charge in [0.15, 0.2) is 5.58 Å². The minimum atomic E-state index is -0.0000655. The summed E-state index contributed by atoms with van der Waals surface area (Å²) in [5.74, 6) is 0. The number of allylic oxidation sites excluding steroid dienone is 2. The van der Waals surface area contributed by atoms with Crippen LogP contribution >= 0.6 is 0 Å². The molecule has 1 atom stereocenters. The monoisotopic (exact) mass is 818 g/mol. The highest BCUT2D eigenvalue weighted by Gasteiger charge is 2.30. The van der Waals surface area contributed by atoms with E-state index in [1.807, 2.05) is 6.07 Å². The third-order valence-electron chi connectivity index (χ3n) is 13.7. The van der Waals surface area contributed by atoms with Crippen molar-refractivity contribution in [3.05, 3.63) is 218 Å². The maximum atomic E-state index is 6.85. The largest absolute Gasteiger partial charge is 0.455 e. The Kier molecular flexibility index (Phi) is 7.48. The molecule has 12 aromatic rings. The number of rotatable bonds is 5. The van der Waals surface area contributed by atoms with Gasteiger partial charge in [0, 0.05) is 54.7 Å². The molecule has 1 aliphatic heterocycles. The standard InChI is InChI=1S/C60H38N2O2/c1-2-13-37(14-3-1)38-27-30-41(31-28-38)61(54-24-12-21-48-44-18-5-8-25-55(44)63-59(48)54)42-16-10-15-39(35-42)40-29-34-53-51(36-40)46-32-33-49-45-19-6-9-26-56(45)64-60(49)57(46)50-22-11-20-47-43-17-4-7-23-52(43)62(53)58(47)50/h1-34,36,42H,35H2. The maximum Gasteiger partial charge on any atom is 0.159 e. The molecule has 0 fully saturated rings. The van der Waals surface area contributed by atoms with Crippen LogP contribution in [0.25, 0.3) is 110 Å². The number of furan rings is 2. The molecule has 0 spiro atoms. The smallest absolute Gasteiger partial charge is 0.159 e. The van der Waals surface area contributed by atoms with Crippen LogP contribution in [0.4, 0.5) is 11.4 Å². The first-order valence-corrected chi connectivity index (χ1v) is 22.1. The number of nitrogens with zero attached hydrogens (tertiary/aromatic N) is 2. The number of anilines is 2. The zero-order chi connectivity index (χ0) is 41.9. The van der Waals surface area contributed by atoms with Gasteiger partial charge >= 0.3 is 0 Å². The predicted molar refractivity (Wildman–Crippen MR) is 266 cm³/mol. The minimum Gasteiger partial charge on any atom is -0.455 e. The van der Waals surface area contributed by atoms with Gasteiger partial charge in [-0.05, 0) is 88.8 Å². The Morgan fingerprint density at radius 3 is 1.95 bits per heavy atom. The van der Waals surface area contributed by atoms with Crippen LogP contribution < -0.4 is 4.90 Å². The Balaban J connectivity index is 0.941. The van der Waals surface area contributed by atoms with Crippen LogP contribution in [0, 0.1) is 0 Å². The molecule has 2 aliphatic rings. The van der Waals surface area contributed by atoms with E-state index in [9.17, 15) is 0 Å². The Morgan fingerprint density at radius 1 is 0.469 bits per heavy atom. The minimum absolute atomic E-state index is 0.0000655. The molecule has 0 saturated heterocycles. The molecule has 4 nitrogen and oxygen atoms in total. The van der Waals surface area contributed by atoms with Crippen LogP contribution in [0.15, 0.2) is 221 Å². The molecule has 14 rings (SSSR count). The first-order chi connectivity index (χ1) is 31.7. The number of aromatic nitrogens is 1. The SMILES string of the molecule is C1=CC(N(c2ccc(-c3ccccc3)cc2)c2cccc3c2oc2ccccc23)CC(c2ccc3c(c2)-c2ccc4c(oc5ccccc54)c2-c2cccc4c5ccccc5n-3c24)=C1. The van der Waals surface area contributed by atoms with Crippen LogP contribution in [0.2, 0.25) is 0 Å². The summed E-state index contributed by atoms with van der Waals surface area (Å²) in [6.45, 7) is 0. The van der Waals surface area contributed by atoms with Gasteiger partial charge in [-0.15, -0.1) is 0 Å². The van der Waals surface area contributed by atoms with Crippen molar-refractivity contribution < 1.29 is 8.83 Å². The van der Waals surface area contributed by atoms with Crippen molar-refractivity contribution in [3.8, 4) is 39.1 Å². The Labute approximate surface area is 368 Å². The highest BCUT2D eigenvalue weighted by molar-refractivity contribution is 6.21. The van der Waals surface area contributed by atoms with Crippen molar-refractivity contribution >= 4 is 82.6 Å². The number of hydrogen-bond donors (Lipinski definition) is 0. The van der Waals surface area contributed by atoms with E-state index in [1.54, 1.807) is 0 Å². The number of hydrogen-bond acceptors (Lipinski definition) is 3. The third-order valence-corrected chi connectivity index (χ3v) is 13.7. The fourth-order valence-electron chi connectivity index (χ4n) is 10.8. The molecule has 0 bridgehead atoms. The Morgan fingerprint density at radius 2 is 1.12 bits per heavy atom. The highest BCUT2D eigenvalue weighted by Crippen LogP contribution is 2.51. The van der Waals surface area contributed by atoms with E-state index in [0.29, 0.717) is 0 Å². The van der Waals surface area contributed by atoms with Crippen LogP contribution in [-0.2, 0) is 0 Å². The lowest BCUT2D eigenvalue weighted by Crippen LogP contribution is -2.30. The second-order valence-corrected chi connectivity index (χ2v) is 17.1. The zero-order valence-electron chi connectivity index (χ0n) is 34.7. The van der Waals surface area contributed by atoms with Crippen LogP contribution in [-0.4, -0.2) is 10.6 Å². The average molecular weight is 819 g/mol. The van der Waals surface area contributed by atoms with Gasteiger partial charge in [-0.25, -0.2) is 0 Å². The van der Waals surface area contributed by atoms with E-state index in [1.165, 1.54) is 60.8 Å². The highest BCUT2D eigenvalue weighted by atomic mass is 16.3. The molecule has 300 valence electrons. The quantitative estimate of drug-likeness (QED) is 0.173. The fourth-order valence-corrected chi connectivity index (χ4v) is 10.8. The number of benzene rings is 9. The van der Waals surface area contributed by atoms with E-state index in [-0.39, 0.29) is 6.04 Å². The van der Waals surface area contributed by atoms with E-state index in [0.717, 1.165) is 72.9 Å². The van der Waals surface area contributed by atoms with Crippen molar-refractivity contribution in [2.75, 3.05) is 4.90 Å². The number of para-hydroxylation sites is 5. The molecule has 0 N–H and O–H groups in total. The Hall–Kier alpha value is -8.34. The van der Waals surface area contributed by atoms with Crippen LogP contribution in [0.3, 0.4) is 0 Å². The molecule has 4 heterocycles. The van der Waals surface area contributed by atoms with Crippen LogP contribution in [0.5, 0.6) is 0 Å². The average Bonchev–Trinajstić information content (AvgIpc) is 4.02. The predicted octanol–water partition coefficient (Wildman–Crippen LogP) is 16.4. The van der Waals surface area contributed by atoms with Crippen molar-refractivity contribution in [1.29, 1.82) is 0 Å². The number of fused-ring (bicyclic) bond motifs is 15. The molecule has 0 radical (unpaired) electrons. The molecule has 3 aromatic heterocycles.